The number of benzene rings is 2. The van der Waals surface area contributed by atoms with Crippen LogP contribution in [0, 0.1) is 11.8 Å². The summed E-state index contributed by atoms with van der Waals surface area (Å²) in [5.74, 6) is -0.695. The Hall–Kier alpha value is -2.21. The van der Waals surface area contributed by atoms with Gasteiger partial charge in [-0.05, 0) is 55.6 Å². The molecule has 2 N–H and O–H groups in total. The van der Waals surface area contributed by atoms with E-state index < -0.39 is 11.8 Å². The lowest BCUT2D eigenvalue weighted by Gasteiger charge is -2.38. The molecule has 216 valence electrons. The standard InChI is InChI=1S/C34H50O5/c1-2-3-8-19-31(35)23-22-30-24-25-34(38-26-28-15-9-6-10-16-28,39-27-29-17-11-7-12-18-29)32(30)20-13-4-5-14-21-33(36)37/h6-7,9-12,15-18,30-32,35H,2-5,8,13-14,19-27H2,1H3,(H,36,37)/t30-,31-,32+/m0/s1. The zero-order chi connectivity index (χ0) is 27.8. The van der Waals surface area contributed by atoms with E-state index in [1.165, 1.54) is 12.8 Å². The molecule has 5 heteroatoms. The van der Waals surface area contributed by atoms with Crippen molar-refractivity contribution in [3.63, 3.8) is 0 Å². The molecule has 1 aliphatic carbocycles. The molecule has 0 spiro atoms. The molecule has 0 radical (unpaired) electrons. The summed E-state index contributed by atoms with van der Waals surface area (Å²) >= 11 is 0. The van der Waals surface area contributed by atoms with Crippen LogP contribution >= 0.6 is 0 Å². The van der Waals surface area contributed by atoms with Crippen molar-refractivity contribution in [3.8, 4) is 0 Å². The van der Waals surface area contributed by atoms with Crippen molar-refractivity contribution >= 4 is 5.97 Å². The SMILES string of the molecule is CCCCC[C@H](O)CC[C@H]1CCC(OCc2ccccc2)(OCc2ccccc2)[C@@H]1CCCCCCC(=O)O. The predicted molar refractivity (Wildman–Crippen MR) is 156 cm³/mol. The fourth-order valence-electron chi connectivity index (χ4n) is 6.07. The minimum absolute atomic E-state index is 0.237. The van der Waals surface area contributed by atoms with Crippen LogP contribution in [0.15, 0.2) is 60.7 Å². The van der Waals surface area contributed by atoms with Crippen LogP contribution in [0.5, 0.6) is 0 Å². The molecule has 2 aromatic carbocycles. The summed E-state index contributed by atoms with van der Waals surface area (Å²) < 4.78 is 13.5. The highest BCUT2D eigenvalue weighted by Gasteiger charge is 2.50. The molecule has 1 aliphatic rings. The Kier molecular flexibility index (Phi) is 14.0. The van der Waals surface area contributed by atoms with Gasteiger partial charge < -0.3 is 19.7 Å². The first kappa shape index (κ1) is 31.3. The zero-order valence-electron chi connectivity index (χ0n) is 23.9. The smallest absolute Gasteiger partial charge is 0.303 e. The molecule has 0 heterocycles. The van der Waals surface area contributed by atoms with Crippen LogP contribution in [-0.2, 0) is 27.5 Å². The van der Waals surface area contributed by atoms with Crippen LogP contribution < -0.4 is 0 Å². The van der Waals surface area contributed by atoms with E-state index in [1.807, 2.05) is 36.4 Å². The summed E-state index contributed by atoms with van der Waals surface area (Å²) in [6, 6.07) is 20.6. The second-order valence-corrected chi connectivity index (χ2v) is 11.3. The zero-order valence-corrected chi connectivity index (χ0v) is 23.9. The van der Waals surface area contributed by atoms with Gasteiger partial charge in [-0.1, -0.05) is 106 Å². The van der Waals surface area contributed by atoms with Gasteiger partial charge in [-0.3, -0.25) is 4.79 Å². The minimum Gasteiger partial charge on any atom is -0.481 e. The van der Waals surface area contributed by atoms with Gasteiger partial charge in [0.2, 0.25) is 0 Å². The Morgan fingerprint density at radius 2 is 1.46 bits per heavy atom. The molecule has 0 amide bonds. The first-order valence-electron chi connectivity index (χ1n) is 15.3. The van der Waals surface area contributed by atoms with Crippen LogP contribution in [0.4, 0.5) is 0 Å². The summed E-state index contributed by atoms with van der Waals surface area (Å²) in [4.78, 5) is 10.9. The van der Waals surface area contributed by atoms with E-state index in [9.17, 15) is 9.90 Å². The third kappa shape index (κ3) is 11.1. The van der Waals surface area contributed by atoms with Gasteiger partial charge in [0.15, 0.2) is 5.79 Å². The number of aliphatic hydroxyl groups is 1. The normalized spacial score (nSPS) is 19.2. The van der Waals surface area contributed by atoms with Gasteiger partial charge in [0.1, 0.15) is 0 Å². The molecule has 0 aliphatic heterocycles. The number of carboxylic acid groups (broad SMARTS) is 1. The highest BCUT2D eigenvalue weighted by molar-refractivity contribution is 5.66. The molecule has 3 atom stereocenters. The van der Waals surface area contributed by atoms with Crippen LogP contribution in [0.1, 0.15) is 108 Å². The van der Waals surface area contributed by atoms with E-state index in [0.717, 1.165) is 81.8 Å². The van der Waals surface area contributed by atoms with Crippen LogP contribution in [0.2, 0.25) is 0 Å². The van der Waals surface area contributed by atoms with Crippen molar-refractivity contribution in [2.45, 2.75) is 122 Å². The van der Waals surface area contributed by atoms with E-state index in [0.29, 0.717) is 19.1 Å². The molecular weight excluding hydrogens is 488 g/mol. The number of hydrogen-bond donors (Lipinski definition) is 2. The van der Waals surface area contributed by atoms with Crippen LogP contribution in [0.3, 0.4) is 0 Å². The topological polar surface area (TPSA) is 76.0 Å². The van der Waals surface area contributed by atoms with Crippen LogP contribution in [0.25, 0.3) is 0 Å². The maximum atomic E-state index is 10.9. The van der Waals surface area contributed by atoms with Crippen molar-refractivity contribution in [3.05, 3.63) is 71.8 Å². The second kappa shape index (κ2) is 17.5. The lowest BCUT2D eigenvalue weighted by molar-refractivity contribution is -0.273. The predicted octanol–water partition coefficient (Wildman–Crippen LogP) is 8.29. The van der Waals surface area contributed by atoms with Crippen molar-refractivity contribution in [2.24, 2.45) is 11.8 Å². The Labute approximate surface area is 235 Å². The first-order chi connectivity index (χ1) is 19.0. The molecule has 0 aromatic heterocycles. The van der Waals surface area contributed by atoms with Crippen molar-refractivity contribution < 1.29 is 24.5 Å². The number of carboxylic acids is 1. The van der Waals surface area contributed by atoms with Gasteiger partial charge in [0.05, 0.1) is 19.3 Å². The maximum Gasteiger partial charge on any atom is 0.303 e. The molecule has 1 saturated carbocycles. The quantitative estimate of drug-likeness (QED) is 0.131. The minimum atomic E-state index is -0.717. The third-order valence-corrected chi connectivity index (χ3v) is 8.32. The molecule has 0 saturated heterocycles. The van der Waals surface area contributed by atoms with Gasteiger partial charge in [-0.2, -0.15) is 0 Å². The fraction of sp³-hybridized carbons (Fsp3) is 0.618. The van der Waals surface area contributed by atoms with Gasteiger partial charge >= 0.3 is 5.97 Å². The fourth-order valence-corrected chi connectivity index (χ4v) is 6.07. The average Bonchev–Trinajstić information content (AvgIpc) is 3.30. The summed E-state index contributed by atoms with van der Waals surface area (Å²) in [6.07, 6.45) is 12.7. The number of aliphatic carboxylic acids is 1. The number of unbranched alkanes of at least 4 members (excludes halogenated alkanes) is 5. The molecule has 2 aromatic rings. The number of aliphatic hydroxyl groups excluding tert-OH is 1. The highest BCUT2D eigenvalue weighted by Crippen LogP contribution is 2.49. The van der Waals surface area contributed by atoms with Gasteiger partial charge in [0.25, 0.3) is 0 Å². The molecule has 39 heavy (non-hydrogen) atoms. The Bertz CT molecular complexity index is 872. The van der Waals surface area contributed by atoms with Crippen molar-refractivity contribution in [1.29, 1.82) is 0 Å². The average molecular weight is 539 g/mol. The Balaban J connectivity index is 1.71. The largest absolute Gasteiger partial charge is 0.481 e. The Morgan fingerprint density at radius 1 is 0.846 bits per heavy atom. The van der Waals surface area contributed by atoms with Gasteiger partial charge in [-0.15, -0.1) is 0 Å². The van der Waals surface area contributed by atoms with E-state index in [2.05, 4.69) is 31.2 Å². The van der Waals surface area contributed by atoms with Crippen molar-refractivity contribution in [2.75, 3.05) is 0 Å². The van der Waals surface area contributed by atoms with Crippen LogP contribution in [-0.4, -0.2) is 28.1 Å². The van der Waals surface area contributed by atoms with E-state index in [4.69, 9.17) is 14.6 Å². The Morgan fingerprint density at radius 3 is 2.05 bits per heavy atom. The van der Waals surface area contributed by atoms with E-state index in [-0.39, 0.29) is 18.4 Å². The lowest BCUT2D eigenvalue weighted by Crippen LogP contribution is -2.41. The molecule has 5 nitrogen and oxygen atoms in total. The second-order valence-electron chi connectivity index (χ2n) is 11.3. The maximum absolute atomic E-state index is 10.9. The van der Waals surface area contributed by atoms with Gasteiger partial charge in [-0.25, -0.2) is 0 Å². The monoisotopic (exact) mass is 538 g/mol. The van der Waals surface area contributed by atoms with E-state index >= 15 is 0 Å². The highest BCUT2D eigenvalue weighted by atomic mass is 16.7. The van der Waals surface area contributed by atoms with Crippen molar-refractivity contribution in [1.82, 2.24) is 0 Å². The summed E-state index contributed by atoms with van der Waals surface area (Å²) in [7, 11) is 0. The number of hydrogen-bond acceptors (Lipinski definition) is 4. The number of ether oxygens (including phenoxy) is 2. The molecule has 0 bridgehead atoms. The molecule has 1 fully saturated rings. The number of carbonyl (C=O) groups is 1. The summed E-state index contributed by atoms with van der Waals surface area (Å²) in [5, 5.41) is 19.6. The molecular formula is C34H50O5. The lowest BCUT2D eigenvalue weighted by atomic mass is 9.83. The summed E-state index contributed by atoms with van der Waals surface area (Å²) in [5.41, 5.74) is 2.28. The first-order valence-corrected chi connectivity index (χ1v) is 15.3. The molecule has 3 rings (SSSR count). The van der Waals surface area contributed by atoms with Gasteiger partial charge in [0, 0.05) is 18.8 Å². The third-order valence-electron chi connectivity index (χ3n) is 8.32. The molecule has 0 unspecified atom stereocenters. The van der Waals surface area contributed by atoms with E-state index in [1.54, 1.807) is 0 Å². The number of rotatable bonds is 20. The summed E-state index contributed by atoms with van der Waals surface area (Å²) in [6.45, 7) is 3.22.